The number of ether oxygens (including phenoxy) is 2. The summed E-state index contributed by atoms with van der Waals surface area (Å²) >= 11 is 0. The molecule has 7 rings (SSSR count). The summed E-state index contributed by atoms with van der Waals surface area (Å²) in [4.78, 5) is 68.5. The van der Waals surface area contributed by atoms with Crippen LogP contribution in [0.5, 0.6) is 5.75 Å². The Morgan fingerprint density at radius 2 is 1.68 bits per heavy atom. The third-order valence-corrected chi connectivity index (χ3v) is 12.7. The Hall–Kier alpha value is -4.46. The number of nitrogens with zero attached hydrogens (tertiary/aromatic N) is 5. The summed E-state index contributed by atoms with van der Waals surface area (Å²) in [5.41, 5.74) is 0.978. The predicted octanol–water partition coefficient (Wildman–Crippen LogP) is 5.62. The molecule has 3 N–H and O–H groups in total. The fourth-order valence-electron chi connectivity index (χ4n) is 9.49. The van der Waals surface area contributed by atoms with E-state index >= 15 is 0 Å². The average molecular weight is 773 g/mol. The maximum Gasteiger partial charge on any atom is 0.332 e. The first kappa shape index (κ1) is 39.8. The molecule has 304 valence electrons. The van der Waals surface area contributed by atoms with E-state index in [4.69, 9.17) is 14.5 Å². The zero-order valence-corrected chi connectivity index (χ0v) is 33.4. The van der Waals surface area contributed by atoms with Gasteiger partial charge in [0.1, 0.15) is 29.1 Å². The van der Waals surface area contributed by atoms with E-state index in [0.717, 1.165) is 103 Å². The quantitative estimate of drug-likeness (QED) is 0.205. The number of carbonyl (C=O) groups excluding carboxylic acids is 4. The molecule has 5 aliphatic rings. The standard InChI is InChI=1S/C42H60N8O6/c1-4-33-39(53)48(2)34-27-43-41(46-37(34)50(33)30-12-5-6-13-30)45-32-18-17-28(26-35(32)55-3)38(52)44-29-19-24-49(25-20-29)23-11-16-36(51)47-42(21-9-10-22-42)40(54)56-31-14-7-8-15-31/h17-18,26-27,29-31,33H,4-16,19-25H2,1-3H3,(H,44,52)(H,47,51)(H,43,45,46)/t33-/m1/s1. The molecule has 2 aromatic rings. The minimum absolute atomic E-state index is 0.00244. The number of hydrogen-bond acceptors (Lipinski definition) is 11. The summed E-state index contributed by atoms with van der Waals surface area (Å²) < 4.78 is 11.5. The van der Waals surface area contributed by atoms with Gasteiger partial charge in [0.25, 0.3) is 5.91 Å². The van der Waals surface area contributed by atoms with Crippen molar-refractivity contribution in [2.45, 2.75) is 146 Å². The summed E-state index contributed by atoms with van der Waals surface area (Å²) in [6, 6.07) is 5.36. The molecule has 1 saturated heterocycles. The first-order chi connectivity index (χ1) is 27.2. The van der Waals surface area contributed by atoms with Gasteiger partial charge in [0.2, 0.25) is 17.8 Å². The Kier molecular flexibility index (Phi) is 12.6. The molecule has 3 aliphatic carbocycles. The molecule has 0 unspecified atom stereocenters. The number of rotatable bonds is 14. The van der Waals surface area contributed by atoms with E-state index in [1.54, 1.807) is 37.4 Å². The van der Waals surface area contributed by atoms with Gasteiger partial charge in [-0.25, -0.2) is 9.78 Å². The monoisotopic (exact) mass is 772 g/mol. The van der Waals surface area contributed by atoms with E-state index in [-0.39, 0.29) is 47.9 Å². The average Bonchev–Trinajstić information content (AvgIpc) is 4.02. The molecule has 1 atom stereocenters. The number of benzene rings is 1. The normalized spacial score (nSPS) is 21.9. The van der Waals surface area contributed by atoms with Crippen LogP contribution in [-0.2, 0) is 19.1 Å². The second-order valence-corrected chi connectivity index (χ2v) is 16.5. The summed E-state index contributed by atoms with van der Waals surface area (Å²) in [5, 5.41) is 9.59. The zero-order chi connectivity index (χ0) is 39.2. The second-order valence-electron chi connectivity index (χ2n) is 16.5. The number of hydrogen-bond donors (Lipinski definition) is 3. The fourth-order valence-corrected chi connectivity index (χ4v) is 9.49. The molecule has 0 radical (unpaired) electrons. The summed E-state index contributed by atoms with van der Waals surface area (Å²) in [7, 11) is 3.36. The lowest BCUT2D eigenvalue weighted by Gasteiger charge is -2.43. The number of methoxy groups -OCH3 is 1. The van der Waals surface area contributed by atoms with Crippen LogP contribution < -0.4 is 30.5 Å². The van der Waals surface area contributed by atoms with Gasteiger partial charge >= 0.3 is 5.97 Å². The Labute approximate surface area is 330 Å². The molecule has 0 bridgehead atoms. The van der Waals surface area contributed by atoms with Gasteiger partial charge in [-0.3, -0.25) is 14.4 Å². The van der Waals surface area contributed by atoms with Crippen LogP contribution in [-0.4, -0.2) is 102 Å². The van der Waals surface area contributed by atoms with Gasteiger partial charge in [-0.1, -0.05) is 32.6 Å². The van der Waals surface area contributed by atoms with Crippen molar-refractivity contribution in [3.05, 3.63) is 30.0 Å². The van der Waals surface area contributed by atoms with Crippen LogP contribution in [0.1, 0.15) is 126 Å². The molecule has 1 aromatic carbocycles. The highest BCUT2D eigenvalue weighted by Gasteiger charge is 2.45. The first-order valence-corrected chi connectivity index (χ1v) is 21.1. The molecule has 3 amide bonds. The highest BCUT2D eigenvalue weighted by Crippen LogP contribution is 2.40. The molecule has 3 heterocycles. The van der Waals surface area contributed by atoms with Crippen LogP contribution in [0.3, 0.4) is 0 Å². The number of likely N-dealkylation sites (N-methyl/N-ethyl adjacent to an activating group) is 1. The van der Waals surface area contributed by atoms with Crippen LogP contribution in [0.25, 0.3) is 0 Å². The molecule has 3 saturated carbocycles. The molecule has 4 fully saturated rings. The third-order valence-electron chi connectivity index (χ3n) is 12.7. The van der Waals surface area contributed by atoms with Gasteiger partial charge in [-0.15, -0.1) is 0 Å². The van der Waals surface area contributed by atoms with Crippen LogP contribution in [0, 0.1) is 0 Å². The van der Waals surface area contributed by atoms with Crippen LogP contribution in [0.4, 0.5) is 23.1 Å². The van der Waals surface area contributed by atoms with Crippen molar-refractivity contribution in [2.75, 3.05) is 48.9 Å². The number of fused-ring (bicyclic) bond motifs is 1. The number of likely N-dealkylation sites (tertiary alicyclic amines) is 1. The van der Waals surface area contributed by atoms with Crippen molar-refractivity contribution >= 4 is 46.8 Å². The number of aromatic nitrogens is 2. The van der Waals surface area contributed by atoms with Gasteiger partial charge in [0.05, 0.1) is 19.0 Å². The molecular formula is C42H60N8O6. The Morgan fingerprint density at radius 3 is 2.38 bits per heavy atom. The number of nitrogens with one attached hydrogen (secondary N) is 3. The zero-order valence-electron chi connectivity index (χ0n) is 33.4. The molecular weight excluding hydrogens is 713 g/mol. The van der Waals surface area contributed by atoms with E-state index in [2.05, 4.69) is 30.7 Å². The lowest BCUT2D eigenvalue weighted by molar-refractivity contribution is -0.158. The van der Waals surface area contributed by atoms with Gasteiger partial charge in [-0.05, 0) is 102 Å². The molecule has 2 aliphatic heterocycles. The maximum atomic E-state index is 13.4. The Bertz CT molecular complexity index is 1730. The smallest absolute Gasteiger partial charge is 0.332 e. The van der Waals surface area contributed by atoms with Crippen molar-refractivity contribution in [1.82, 2.24) is 25.5 Å². The van der Waals surface area contributed by atoms with Crippen LogP contribution >= 0.6 is 0 Å². The highest BCUT2D eigenvalue weighted by molar-refractivity contribution is 6.04. The van der Waals surface area contributed by atoms with E-state index in [9.17, 15) is 19.2 Å². The largest absolute Gasteiger partial charge is 0.495 e. The summed E-state index contributed by atoms with van der Waals surface area (Å²) in [6.45, 7) is 4.50. The van der Waals surface area contributed by atoms with E-state index in [1.165, 1.54) is 0 Å². The lowest BCUT2D eigenvalue weighted by atomic mass is 9.97. The van der Waals surface area contributed by atoms with Crippen molar-refractivity contribution in [3.8, 4) is 5.75 Å². The number of amides is 3. The number of anilines is 4. The van der Waals surface area contributed by atoms with Crippen LogP contribution in [0.15, 0.2) is 24.4 Å². The highest BCUT2D eigenvalue weighted by atomic mass is 16.5. The third kappa shape index (κ3) is 8.74. The number of piperidine rings is 1. The van der Waals surface area contributed by atoms with Gasteiger partial charge in [0.15, 0.2) is 5.82 Å². The summed E-state index contributed by atoms with van der Waals surface area (Å²) in [6.07, 6.45) is 16.7. The molecule has 56 heavy (non-hydrogen) atoms. The number of esters is 1. The SMILES string of the molecule is CC[C@@H]1C(=O)N(C)c2cnc(Nc3ccc(C(=O)NC4CCN(CCCC(=O)NC5(C(=O)OC6CCCC6)CCCC5)CC4)cc3OC)nc2N1C1CCCC1. The molecule has 14 heteroatoms. The molecule has 14 nitrogen and oxygen atoms in total. The Balaban J connectivity index is 0.887. The minimum Gasteiger partial charge on any atom is -0.495 e. The topological polar surface area (TPSA) is 158 Å². The fraction of sp³-hybridized carbons (Fsp3) is 0.667. The van der Waals surface area contributed by atoms with Gasteiger partial charge in [-0.2, -0.15) is 4.98 Å². The van der Waals surface area contributed by atoms with E-state index in [0.29, 0.717) is 60.7 Å². The molecule has 0 spiro atoms. The van der Waals surface area contributed by atoms with Crippen molar-refractivity contribution < 1.29 is 28.7 Å². The molecule has 1 aromatic heterocycles. The van der Waals surface area contributed by atoms with Gasteiger partial charge in [0, 0.05) is 44.2 Å². The maximum absolute atomic E-state index is 13.4. The van der Waals surface area contributed by atoms with Crippen molar-refractivity contribution in [1.29, 1.82) is 0 Å². The lowest BCUT2D eigenvalue weighted by Crippen LogP contribution is -2.55. The van der Waals surface area contributed by atoms with Gasteiger partial charge < -0.3 is 40.1 Å². The predicted molar refractivity (Wildman–Crippen MR) is 214 cm³/mol. The van der Waals surface area contributed by atoms with Crippen molar-refractivity contribution in [2.24, 2.45) is 0 Å². The van der Waals surface area contributed by atoms with E-state index < -0.39 is 5.54 Å². The summed E-state index contributed by atoms with van der Waals surface area (Å²) in [5.74, 6) is 1.24. The Morgan fingerprint density at radius 1 is 0.964 bits per heavy atom. The van der Waals surface area contributed by atoms with Crippen LogP contribution in [0.2, 0.25) is 0 Å². The minimum atomic E-state index is -0.858. The second kappa shape index (κ2) is 17.8. The number of carbonyl (C=O) groups is 4. The van der Waals surface area contributed by atoms with Crippen molar-refractivity contribution in [3.63, 3.8) is 0 Å². The first-order valence-electron chi connectivity index (χ1n) is 21.1. The van der Waals surface area contributed by atoms with E-state index in [1.807, 2.05) is 13.0 Å².